The van der Waals surface area contributed by atoms with Gasteiger partial charge in [0.15, 0.2) is 17.5 Å². The first kappa shape index (κ1) is 86.4. The number of methoxy groups -OCH3 is 1. The van der Waals surface area contributed by atoms with Crippen molar-refractivity contribution in [3.8, 4) is 84.0 Å². The van der Waals surface area contributed by atoms with Gasteiger partial charge in [0.2, 0.25) is 0 Å². The summed E-state index contributed by atoms with van der Waals surface area (Å²) in [5.74, 6) is 1.94. The number of fused-ring (bicyclic) bond motifs is 8. The molecule has 4 saturated carbocycles. The van der Waals surface area contributed by atoms with Crippen molar-refractivity contribution in [1.29, 1.82) is 0 Å². The van der Waals surface area contributed by atoms with Crippen molar-refractivity contribution in [2.24, 2.45) is 23.7 Å². The summed E-state index contributed by atoms with van der Waals surface area (Å²) < 4.78 is 13.8. The number of thiophene rings is 1. The van der Waals surface area contributed by atoms with E-state index in [1.54, 1.807) is 56.5 Å². The van der Waals surface area contributed by atoms with E-state index in [1.807, 2.05) is 83.5 Å². The van der Waals surface area contributed by atoms with Gasteiger partial charge in [-0.05, 0) is 169 Å². The van der Waals surface area contributed by atoms with Crippen LogP contribution in [0.3, 0.4) is 0 Å². The van der Waals surface area contributed by atoms with E-state index in [0.29, 0.717) is 113 Å². The van der Waals surface area contributed by atoms with Gasteiger partial charge in [-0.2, -0.15) is 20.4 Å². The first-order valence-electron chi connectivity index (χ1n) is 43.8. The summed E-state index contributed by atoms with van der Waals surface area (Å²) >= 11 is 18.1. The van der Waals surface area contributed by atoms with Crippen LogP contribution < -0.4 is 27.7 Å². The summed E-state index contributed by atoms with van der Waals surface area (Å²) in [4.78, 5) is 97.7. The number of aliphatic carboxylic acids is 4. The van der Waals surface area contributed by atoms with Crippen molar-refractivity contribution >= 4 is 163 Å². The highest BCUT2D eigenvalue weighted by Crippen LogP contribution is 2.48. The minimum Gasteiger partial charge on any atom is -0.495 e. The number of carbonyl (C=O) groups is 4. The molecule has 34 nitrogen and oxygen atoms in total. The van der Waals surface area contributed by atoms with E-state index in [-0.39, 0.29) is 47.3 Å². The van der Waals surface area contributed by atoms with Crippen LogP contribution in [0.5, 0.6) is 5.75 Å². The van der Waals surface area contributed by atoms with Crippen LogP contribution in [0.1, 0.15) is 150 Å². The lowest BCUT2D eigenvalue weighted by atomic mass is 9.81. The molecule has 14 heterocycles. The maximum atomic E-state index is 11.4. The number of ether oxygens (including phenoxy) is 1. The van der Waals surface area contributed by atoms with Crippen LogP contribution in [-0.4, -0.2) is 155 Å². The number of carboxylic acid groups (broad SMARTS) is 4. The number of nitrogen functional groups attached to an aromatic ring is 4. The predicted molar refractivity (Wildman–Crippen MR) is 512 cm³/mol. The van der Waals surface area contributed by atoms with Crippen LogP contribution in [-0.2, 0) is 19.2 Å². The number of hydrogen-bond acceptors (Lipinski definition) is 22. The lowest BCUT2D eigenvalue weighted by Crippen LogP contribution is -2.21. The van der Waals surface area contributed by atoms with Crippen LogP contribution in [0.15, 0.2) is 175 Å². The normalized spacial score (nSPS) is 18.7. The van der Waals surface area contributed by atoms with Crippen LogP contribution in [0.25, 0.3) is 144 Å². The fourth-order valence-corrected chi connectivity index (χ4v) is 21.4. The van der Waals surface area contributed by atoms with Gasteiger partial charge in [0, 0.05) is 111 Å². The number of para-hydroxylation sites is 3. The highest BCUT2D eigenvalue weighted by atomic mass is 79.9. The topological polar surface area (TPSA) is 514 Å². The van der Waals surface area contributed by atoms with Gasteiger partial charge < -0.3 is 68.0 Å². The average molecular weight is 1910 g/mol. The first-order chi connectivity index (χ1) is 64.6. The number of nitrogens with one attached hydrogen (secondary N) is 5. The SMILES string of the molecule is COc1ccc(Br)c2cc(-c3nc(C4CCC(C(=O)O)CC4)n4ccnc(N)c34)[nH]c12.Nc1ncnn2c(C3CCC(C(=O)O)CC3)nc(-c3cc4cccc(-c5cc(Cl)ccc5Cl)c4[nH]3)c12.Nc1ncnn2c(C3CCC(C(=O)O)CC3)nc(-c3cc4cccc(-c5cccs5)c4[nH]3)c12.Nc1ncnn2c(C3CCC(C(=O)O)CC3)nc(-c3cc4cccc(-c5cn[nH]c5)c4[nH]3)c12. The Balaban J connectivity index is 0.000000110. The predicted octanol–water partition coefficient (Wildman–Crippen LogP) is 19.3. The molecule has 0 saturated heterocycles. The summed E-state index contributed by atoms with van der Waals surface area (Å²) in [6, 6.07) is 40.0. The van der Waals surface area contributed by atoms with Crippen LogP contribution in [0, 0.1) is 23.7 Å². The molecule has 5 aromatic carbocycles. The third-order valence-corrected chi connectivity index (χ3v) is 28.7. The molecule has 23 rings (SSSR count). The zero-order valence-corrected chi connectivity index (χ0v) is 75.3. The molecule has 0 atom stereocenters. The maximum Gasteiger partial charge on any atom is 0.306 e. The second kappa shape index (κ2) is 35.9. The Bertz CT molecular complexity index is 7470. The van der Waals surface area contributed by atoms with E-state index in [1.165, 1.54) is 23.9 Å². The number of nitrogens with two attached hydrogens (primary N) is 4. The lowest BCUT2D eigenvalue weighted by Gasteiger charge is -2.25. The molecule has 19 aromatic rings. The molecule has 4 aliphatic rings. The fraction of sp³-hybridized carbons (Fsp3) is 0.263. The summed E-state index contributed by atoms with van der Waals surface area (Å²) in [5.41, 5.74) is 42.7. The van der Waals surface area contributed by atoms with Gasteiger partial charge in [-0.3, -0.25) is 28.7 Å². The Morgan fingerprint density at radius 1 is 0.451 bits per heavy atom. The maximum absolute atomic E-state index is 11.4. The third kappa shape index (κ3) is 16.3. The summed E-state index contributed by atoms with van der Waals surface area (Å²) in [7, 11) is 1.64. The van der Waals surface area contributed by atoms with Gasteiger partial charge in [-0.1, -0.05) is 99.8 Å². The number of aromatic nitrogens is 21. The van der Waals surface area contributed by atoms with Crippen molar-refractivity contribution in [2.45, 2.75) is 126 Å². The summed E-state index contributed by atoms with van der Waals surface area (Å²) in [6.07, 6.45) is 22.6. The number of imidazole rings is 4. The van der Waals surface area contributed by atoms with E-state index in [2.05, 4.69) is 129 Å². The number of halogens is 3. The largest absolute Gasteiger partial charge is 0.495 e. The Kier molecular flexibility index (Phi) is 23.3. The van der Waals surface area contributed by atoms with Gasteiger partial charge in [-0.15, -0.1) is 11.3 Å². The van der Waals surface area contributed by atoms with Gasteiger partial charge in [0.1, 0.15) is 98.7 Å². The molecule has 14 aromatic heterocycles. The highest BCUT2D eigenvalue weighted by molar-refractivity contribution is 9.10. The number of nitrogens with zero attached hydrogens (tertiary/aromatic N) is 16. The standard InChI is InChI=1S/C26H22Cl2N6O2.C24H22N6O2S.C23H22N8O2.C22H22BrN5O3/c27-16-8-9-19(28)18(11-16)17-3-1-2-15-10-20(32-21(15)17)22-23-24(29)30-12-31-34(23)25(33-22)13-4-6-14(7-5-13)26(35)36;25-22-21-20(17-11-15-3-1-4-16(19(15)28-17)18-5-2-10-33-18)29-23(30(21)27-12-26-22)13-6-8-14(9-7-13)24(31)32;24-21-20-19(17-8-14-2-1-3-16(18(14)29-17)15-9-26-27-10-15)30-22(31(20)28-11-25-21)12-4-6-13(7-5-12)23(32)33;1-31-16-7-6-14(23)13-10-15(26-17(13)16)18-19-20(24)25-8-9-28(19)21(27-18)11-2-4-12(5-3-11)22(29)30/h1-3,8-14,32H,4-7H2,(H,35,36)(H2,29,30,31);1-5,10-14,28H,6-9H2,(H,31,32)(H2,25,26,27);1-3,8-13,29H,4-7H2,(H,26,27)(H,32,33)(H2,24,25,28);6-12,26H,2-5H2,1H3,(H2,24,25)(H,29,30). The van der Waals surface area contributed by atoms with Crippen LogP contribution in [0.4, 0.5) is 23.3 Å². The molecule has 4 fully saturated rings. The van der Waals surface area contributed by atoms with Crippen molar-refractivity contribution in [3.63, 3.8) is 0 Å². The van der Waals surface area contributed by atoms with Gasteiger partial charge in [0.25, 0.3) is 0 Å². The molecule has 0 radical (unpaired) electrons. The van der Waals surface area contributed by atoms with Crippen molar-refractivity contribution in [3.05, 3.63) is 208 Å². The number of hydrogen-bond donors (Lipinski definition) is 13. The summed E-state index contributed by atoms with van der Waals surface area (Å²) in [6.45, 7) is 0. The second-order valence-electron chi connectivity index (χ2n) is 34.2. The van der Waals surface area contributed by atoms with E-state index in [9.17, 15) is 39.6 Å². The van der Waals surface area contributed by atoms with E-state index >= 15 is 0 Å². The average Bonchev–Trinajstić information content (AvgIpc) is 1.61. The molecule has 0 spiro atoms. The van der Waals surface area contributed by atoms with Crippen molar-refractivity contribution < 1.29 is 44.3 Å². The molecule has 674 valence electrons. The minimum absolute atomic E-state index is 0.0846. The molecule has 0 unspecified atom stereocenters. The van der Waals surface area contributed by atoms with Crippen molar-refractivity contribution in [1.82, 2.24) is 103 Å². The number of aromatic amines is 5. The van der Waals surface area contributed by atoms with E-state index in [4.69, 9.17) is 70.8 Å². The Labute approximate surface area is 778 Å². The second-order valence-corrected chi connectivity index (χ2v) is 36.9. The van der Waals surface area contributed by atoms with Gasteiger partial charge >= 0.3 is 23.9 Å². The number of rotatable bonds is 16. The molecule has 0 bridgehead atoms. The number of anilines is 4. The number of H-pyrrole nitrogens is 5. The first-order valence-corrected chi connectivity index (χ1v) is 46.2. The van der Waals surface area contributed by atoms with E-state index in [0.717, 1.165) is 196 Å². The number of carboxylic acids is 4. The van der Waals surface area contributed by atoms with Gasteiger partial charge in [0.05, 0.1) is 81.8 Å². The molecule has 0 aliphatic heterocycles. The highest BCUT2D eigenvalue weighted by Gasteiger charge is 2.37. The Morgan fingerprint density at radius 3 is 1.31 bits per heavy atom. The minimum atomic E-state index is -0.734. The molecule has 17 N–H and O–H groups in total. The van der Waals surface area contributed by atoms with Gasteiger partial charge in [-0.25, -0.2) is 53.4 Å². The van der Waals surface area contributed by atoms with Crippen molar-refractivity contribution in [2.75, 3.05) is 30.0 Å². The van der Waals surface area contributed by atoms with Crippen LogP contribution >= 0.6 is 50.5 Å². The van der Waals surface area contributed by atoms with Crippen LogP contribution in [0.2, 0.25) is 10.0 Å². The quantitative estimate of drug-likeness (QED) is 0.0427. The lowest BCUT2D eigenvalue weighted by molar-refractivity contribution is -0.143. The molecular formula is C95H88BrCl2N25O9S. The zero-order valence-electron chi connectivity index (χ0n) is 71.4. The number of benzene rings is 5. The zero-order chi connectivity index (χ0) is 91.7. The molecule has 133 heavy (non-hydrogen) atoms. The third-order valence-electron chi connectivity index (χ3n) is 26.6. The molecule has 4 aliphatic carbocycles. The monoisotopic (exact) mass is 1900 g/mol. The Hall–Kier alpha value is -14.6. The smallest absolute Gasteiger partial charge is 0.306 e. The molecule has 0 amide bonds. The Morgan fingerprint density at radius 2 is 0.865 bits per heavy atom. The molecular weight excluding hydrogens is 1820 g/mol. The van der Waals surface area contributed by atoms with E-state index < -0.39 is 23.9 Å². The summed E-state index contributed by atoms with van der Waals surface area (Å²) in [5, 5.41) is 65.1. The molecule has 38 heteroatoms. The fourth-order valence-electron chi connectivity index (χ4n) is 19.8.